The van der Waals surface area contributed by atoms with Crippen molar-refractivity contribution in [2.45, 2.75) is 0 Å². The molecule has 0 heterocycles. The Morgan fingerprint density at radius 1 is 0.0900 bits per heavy atom. The Balaban J connectivity index is 1.44. The van der Waals surface area contributed by atoms with Crippen molar-refractivity contribution in [3.05, 3.63) is 245 Å². The summed E-state index contributed by atoms with van der Waals surface area (Å²) in [6.07, 6.45) is 0. The fourth-order valence-corrected chi connectivity index (χ4v) is 10.1. The third-order valence-electron chi connectivity index (χ3n) is 14.6. The number of hydrogen-bond donors (Lipinski definition) is 0. The molecule has 0 aromatic heterocycles. The van der Waals surface area contributed by atoms with Crippen molar-refractivity contribution in [2.24, 2.45) is 0 Å². The van der Waals surface area contributed by atoms with Crippen molar-refractivity contribution in [1.29, 1.82) is 0 Å². The van der Waals surface area contributed by atoms with Crippen molar-refractivity contribution in [3.8, 4) is 100 Å². The third kappa shape index (κ3) is 9.85. The number of benzene rings is 10. The van der Waals surface area contributed by atoms with Gasteiger partial charge in [-0.2, -0.15) is 0 Å². The largest absolute Gasteiger partial charge is 0.206 e. The molecule has 0 fully saturated rings. The average molecular weight is 1480 g/mol. The van der Waals surface area contributed by atoms with Crippen LogP contribution in [-0.2, 0) is 0 Å². The molecule has 0 aliphatic heterocycles. The molecule has 10 aromatic carbocycles. The quantitative estimate of drug-likeness (QED) is 0.0768. The lowest BCUT2D eigenvalue weighted by Gasteiger charge is -2.22. The predicted molar refractivity (Wildman–Crippen MR) is 254 cm³/mol. The summed E-state index contributed by atoms with van der Waals surface area (Å²) in [5.74, 6) is -142. The summed E-state index contributed by atoms with van der Waals surface area (Å²) in [5, 5.41) is 0. The second kappa shape index (κ2) is 24.7. The summed E-state index contributed by atoms with van der Waals surface area (Å²) in [4.78, 5) is 0. The molecular weight excluding hydrogens is 1480 g/mol. The van der Waals surface area contributed by atoms with E-state index < -0.39 is 345 Å². The summed E-state index contributed by atoms with van der Waals surface area (Å²) in [5.41, 5.74) is -59.8. The van der Waals surface area contributed by atoms with Gasteiger partial charge in [0.2, 0.25) is 23.3 Å². The predicted octanol–water partition coefficient (Wildman–Crippen LogP) is 22.3. The molecule has 40 heteroatoms. The molecule has 0 nitrogen and oxygen atoms in total. The minimum atomic E-state index is -4.02. The van der Waals surface area contributed by atoms with E-state index in [1.807, 2.05) is 0 Å². The Labute approximate surface area is 520 Å². The van der Waals surface area contributed by atoms with Crippen LogP contribution in [0.2, 0.25) is 0 Å². The molecule has 0 aliphatic rings. The van der Waals surface area contributed by atoms with Crippen LogP contribution in [0.25, 0.3) is 100 Å². The molecule has 0 unspecified atom stereocenters. The molecule has 0 spiro atoms. The highest BCUT2D eigenvalue weighted by molar-refractivity contribution is 5.91. The number of hydrogen-bond acceptors (Lipinski definition) is 0. The van der Waals surface area contributed by atoms with E-state index in [9.17, 15) is 61.5 Å². The van der Waals surface area contributed by atoms with Gasteiger partial charge in [-0.3, -0.25) is 0 Å². The van der Waals surface area contributed by atoms with E-state index in [2.05, 4.69) is 0 Å². The van der Waals surface area contributed by atoms with E-state index in [1.165, 1.54) is 0 Å². The van der Waals surface area contributed by atoms with Crippen LogP contribution in [0, 0.1) is 233 Å². The molecule has 0 saturated heterocycles. The first-order valence-corrected chi connectivity index (χ1v) is 25.0. The van der Waals surface area contributed by atoms with Crippen LogP contribution in [0.15, 0.2) is 12.1 Å². The summed E-state index contributed by atoms with van der Waals surface area (Å²) in [6.45, 7) is 0. The topological polar surface area (TPSA) is 0 Å². The first-order chi connectivity index (χ1) is 46.4. The van der Waals surface area contributed by atoms with E-state index in [0.717, 1.165) is 0 Å². The molecule has 0 saturated carbocycles. The molecule has 0 bridgehead atoms. The SMILES string of the molecule is Fc1cc(-c2c(F)c(F)c(F)c(F)c2F)c(F)c(F)c1-c1c(F)c(-c2c(F)c(F)c(-c3c(F)c(F)c(F)c(F)c3F)c(F)c2F)cc(-c2c(F)c(-c3c(F)c(F)c(-c4c(F)c(F)c(F)c(F)c4F)c(F)c3F)c(F)c(-c3c(F)c(F)c(-c4c(F)c(F)c(F)c(F)c4F)c(F)c3F)c2F)c1F. The highest BCUT2D eigenvalue weighted by Crippen LogP contribution is 2.53. The molecule has 0 N–H and O–H groups in total. The molecule has 0 atom stereocenters. The van der Waals surface area contributed by atoms with Gasteiger partial charge < -0.3 is 0 Å². The van der Waals surface area contributed by atoms with Crippen LogP contribution >= 0.6 is 0 Å². The number of rotatable bonds is 9. The van der Waals surface area contributed by atoms with Gasteiger partial charge in [-0.05, 0) is 12.1 Å². The van der Waals surface area contributed by atoms with Gasteiger partial charge in [-0.15, -0.1) is 0 Å². The highest BCUT2D eigenvalue weighted by Gasteiger charge is 2.45. The normalized spacial score (nSPS) is 11.8. The van der Waals surface area contributed by atoms with Gasteiger partial charge >= 0.3 is 0 Å². The maximum Gasteiger partial charge on any atom is 0.200 e. The summed E-state index contributed by atoms with van der Waals surface area (Å²) in [6, 6.07) is -2.53. The zero-order valence-electron chi connectivity index (χ0n) is 45.3. The monoisotopic (exact) mass is 1480 g/mol. The lowest BCUT2D eigenvalue weighted by atomic mass is 9.85. The zero-order valence-corrected chi connectivity index (χ0v) is 45.3. The fourth-order valence-electron chi connectivity index (χ4n) is 10.1. The maximum atomic E-state index is 17.8. The second-order valence-corrected chi connectivity index (χ2v) is 19.7. The van der Waals surface area contributed by atoms with Crippen molar-refractivity contribution < 1.29 is 176 Å². The first-order valence-electron chi connectivity index (χ1n) is 25.0. The minimum absolute atomic E-state index is 1.14. The summed E-state index contributed by atoms with van der Waals surface area (Å²) in [7, 11) is 0. The number of halogens is 40. The van der Waals surface area contributed by atoms with Gasteiger partial charge in [0.15, 0.2) is 175 Å². The Morgan fingerprint density at radius 2 is 0.210 bits per heavy atom. The van der Waals surface area contributed by atoms with Gasteiger partial charge in [0, 0.05) is 16.7 Å². The van der Waals surface area contributed by atoms with Crippen LogP contribution in [-0.4, -0.2) is 0 Å². The molecule has 10 aromatic rings. The molecule has 100 heavy (non-hydrogen) atoms. The van der Waals surface area contributed by atoms with Crippen molar-refractivity contribution in [2.75, 3.05) is 0 Å². The summed E-state index contributed by atoms with van der Waals surface area (Å²) >= 11 is 0. The van der Waals surface area contributed by atoms with Crippen LogP contribution in [0.5, 0.6) is 0 Å². The standard InChI is InChI=1S/C60H2F40/c61-6-2-5(9-30(70)49(89)57(97)50(90)31(9)71)24(64)32(72)10(6)11-22(62)3(1-4(23(11)63)8-28(68)33(73)16(34(74)29(8)69)19-43(83)51(91)58(98)52(92)44(19)84)7-25(65)12(14-35(75)39(79)17(40(80)36(14)76)20-45(85)53(93)59(99)54(94)46(20)86)27(67)13(26(7)66)15-37(77)41(81)18(42(82)38(15)78)21-47(87)55(95)60(100)56(96)48(21)88/h1-2H. The lowest BCUT2D eigenvalue weighted by molar-refractivity contribution is 0.379. The van der Waals surface area contributed by atoms with Crippen molar-refractivity contribution >= 4 is 0 Å². The van der Waals surface area contributed by atoms with Gasteiger partial charge in [0.1, 0.15) is 34.9 Å². The fraction of sp³-hybridized carbons (Fsp3) is 0. The Morgan fingerprint density at radius 3 is 0.430 bits per heavy atom. The lowest BCUT2D eigenvalue weighted by Crippen LogP contribution is -2.14. The molecule has 522 valence electrons. The van der Waals surface area contributed by atoms with Crippen LogP contribution in [0.3, 0.4) is 0 Å². The highest BCUT2D eigenvalue weighted by atomic mass is 19.2. The second-order valence-electron chi connectivity index (χ2n) is 19.7. The molecule has 0 amide bonds. The first kappa shape index (κ1) is 72.2. The third-order valence-corrected chi connectivity index (χ3v) is 14.6. The van der Waals surface area contributed by atoms with E-state index in [4.69, 9.17) is 0 Å². The van der Waals surface area contributed by atoms with Gasteiger partial charge in [0.05, 0.1) is 83.5 Å². The van der Waals surface area contributed by atoms with Gasteiger partial charge in [-0.1, -0.05) is 0 Å². The average Bonchev–Trinajstić information content (AvgIpc) is 0.702. The van der Waals surface area contributed by atoms with E-state index >= 15 is 114 Å². The van der Waals surface area contributed by atoms with Crippen LogP contribution in [0.1, 0.15) is 0 Å². The zero-order chi connectivity index (χ0) is 74.9. The van der Waals surface area contributed by atoms with Crippen LogP contribution < -0.4 is 0 Å². The molecule has 0 aliphatic carbocycles. The summed E-state index contributed by atoms with van der Waals surface area (Å²) < 4.78 is 625. The molecule has 0 radical (unpaired) electrons. The van der Waals surface area contributed by atoms with Gasteiger partial charge in [0.25, 0.3) is 0 Å². The van der Waals surface area contributed by atoms with Crippen molar-refractivity contribution in [3.63, 3.8) is 0 Å². The van der Waals surface area contributed by atoms with Crippen LogP contribution in [0.4, 0.5) is 176 Å². The maximum absolute atomic E-state index is 17.8. The van der Waals surface area contributed by atoms with Gasteiger partial charge in [-0.25, -0.2) is 176 Å². The van der Waals surface area contributed by atoms with E-state index in [-0.39, 0.29) is 0 Å². The Kier molecular flexibility index (Phi) is 17.8. The van der Waals surface area contributed by atoms with E-state index in [1.54, 1.807) is 0 Å². The minimum Gasteiger partial charge on any atom is -0.206 e. The smallest absolute Gasteiger partial charge is 0.200 e. The Bertz CT molecular complexity index is 5050. The molecular formula is C60H2F40. The molecule has 10 rings (SSSR count). The van der Waals surface area contributed by atoms with E-state index in [0.29, 0.717) is 0 Å². The van der Waals surface area contributed by atoms with Crippen molar-refractivity contribution in [1.82, 2.24) is 0 Å². The Hall–Kier alpha value is -10.6.